The summed E-state index contributed by atoms with van der Waals surface area (Å²) in [7, 11) is 0.341. The quantitative estimate of drug-likeness (QED) is 0.674. The van der Waals surface area contributed by atoms with Crippen molar-refractivity contribution in [3.8, 4) is 0 Å². The molecule has 0 saturated heterocycles. The van der Waals surface area contributed by atoms with Gasteiger partial charge in [0.25, 0.3) is 0 Å². The summed E-state index contributed by atoms with van der Waals surface area (Å²) in [5, 5.41) is 0. The Morgan fingerprint density at radius 1 is 1.64 bits per heavy atom. The molecule has 0 amide bonds. The summed E-state index contributed by atoms with van der Waals surface area (Å²) in [6.07, 6.45) is 3.91. The fraction of sp³-hybridized carbons (Fsp3) is 0.400. The minimum absolute atomic E-state index is 0.520. The Hall–Kier alpha value is -0.630. The van der Waals surface area contributed by atoms with Crippen molar-refractivity contribution < 1.29 is 13.6 Å². The van der Waals surface area contributed by atoms with Crippen molar-refractivity contribution in [3.63, 3.8) is 0 Å². The number of allylic oxidation sites excluding steroid dienone is 2. The first-order chi connectivity index (χ1) is 6.69. The Morgan fingerprint density at radius 3 is 2.86 bits per heavy atom. The Labute approximate surface area is 86.0 Å². The smallest absolute Gasteiger partial charge is 0.397 e. The van der Waals surface area contributed by atoms with Crippen LogP contribution in [0.25, 0.3) is 0 Å². The Balaban J connectivity index is 2.89. The second-order valence-corrected chi connectivity index (χ2v) is 4.16. The number of hydrogen-bond acceptors (Lipinski definition) is 3. The van der Waals surface area contributed by atoms with Gasteiger partial charge in [-0.25, -0.2) is 0 Å². The molecule has 0 aromatic rings. The highest BCUT2D eigenvalue weighted by Gasteiger charge is 2.23. The van der Waals surface area contributed by atoms with E-state index in [4.69, 9.17) is 13.6 Å². The molecule has 1 aliphatic rings. The molecular weight excluding hydrogens is 199 g/mol. The third kappa shape index (κ3) is 2.68. The van der Waals surface area contributed by atoms with Crippen LogP contribution in [-0.2, 0) is 13.6 Å². The standard InChI is InChI=1S/C10H15O3P/c1-5-6-9-7-12-14(11-4)13-10(9)8(2)3/h5-6H,2,7H2,1,3-4H3/b6-5-. The van der Waals surface area contributed by atoms with Gasteiger partial charge in [-0.1, -0.05) is 18.7 Å². The van der Waals surface area contributed by atoms with E-state index in [-0.39, 0.29) is 0 Å². The maximum absolute atomic E-state index is 5.51. The molecule has 0 aromatic heterocycles. The van der Waals surface area contributed by atoms with E-state index >= 15 is 0 Å². The fourth-order valence-corrected chi connectivity index (χ4v) is 2.01. The van der Waals surface area contributed by atoms with E-state index in [1.165, 1.54) is 0 Å². The highest BCUT2D eigenvalue weighted by molar-refractivity contribution is 7.41. The first-order valence-electron chi connectivity index (χ1n) is 4.36. The molecule has 0 aromatic carbocycles. The average Bonchev–Trinajstić information content (AvgIpc) is 2.18. The van der Waals surface area contributed by atoms with Crippen LogP contribution in [0.1, 0.15) is 13.8 Å². The highest BCUT2D eigenvalue weighted by Crippen LogP contribution is 2.47. The predicted molar refractivity (Wildman–Crippen MR) is 57.6 cm³/mol. The monoisotopic (exact) mass is 214 g/mol. The zero-order chi connectivity index (χ0) is 10.6. The Kier molecular flexibility index (Phi) is 4.33. The van der Waals surface area contributed by atoms with Gasteiger partial charge in [-0.15, -0.1) is 0 Å². The summed E-state index contributed by atoms with van der Waals surface area (Å²) in [6, 6.07) is 0. The van der Waals surface area contributed by atoms with Gasteiger partial charge in [0, 0.05) is 12.7 Å². The predicted octanol–water partition coefficient (Wildman–Crippen LogP) is 3.31. The minimum Gasteiger partial charge on any atom is -0.426 e. The van der Waals surface area contributed by atoms with Crippen LogP contribution in [0.3, 0.4) is 0 Å². The van der Waals surface area contributed by atoms with E-state index < -0.39 is 8.60 Å². The van der Waals surface area contributed by atoms with E-state index in [0.29, 0.717) is 6.61 Å². The first kappa shape index (κ1) is 11.4. The molecule has 1 atom stereocenters. The van der Waals surface area contributed by atoms with Crippen LogP contribution < -0.4 is 0 Å². The second-order valence-electron chi connectivity index (χ2n) is 2.91. The van der Waals surface area contributed by atoms with Crippen LogP contribution >= 0.6 is 8.60 Å². The summed E-state index contributed by atoms with van der Waals surface area (Å²) >= 11 is 0. The molecule has 0 bridgehead atoms. The molecule has 3 nitrogen and oxygen atoms in total. The molecule has 78 valence electrons. The van der Waals surface area contributed by atoms with Crippen molar-refractivity contribution in [2.24, 2.45) is 0 Å². The molecule has 14 heavy (non-hydrogen) atoms. The van der Waals surface area contributed by atoms with Gasteiger partial charge in [-0.3, -0.25) is 4.52 Å². The maximum Gasteiger partial charge on any atom is 0.397 e. The Morgan fingerprint density at radius 2 is 2.36 bits per heavy atom. The second kappa shape index (κ2) is 5.30. The van der Waals surface area contributed by atoms with Crippen LogP contribution in [0.4, 0.5) is 0 Å². The molecule has 1 rings (SSSR count). The zero-order valence-corrected chi connectivity index (χ0v) is 9.64. The van der Waals surface area contributed by atoms with Crippen molar-refractivity contribution in [2.75, 3.05) is 13.7 Å². The SMILES string of the molecule is C=C(C)C1=C(/C=C\C)COP(OC)O1. The van der Waals surface area contributed by atoms with Crippen molar-refractivity contribution >= 4 is 8.60 Å². The lowest BCUT2D eigenvalue weighted by Crippen LogP contribution is -2.08. The van der Waals surface area contributed by atoms with Crippen LogP contribution in [0.2, 0.25) is 0 Å². The molecule has 0 spiro atoms. The van der Waals surface area contributed by atoms with Crippen LogP contribution in [0.15, 0.2) is 35.6 Å². The average molecular weight is 214 g/mol. The lowest BCUT2D eigenvalue weighted by atomic mass is 10.1. The van der Waals surface area contributed by atoms with Gasteiger partial charge in [-0.2, -0.15) is 0 Å². The van der Waals surface area contributed by atoms with Gasteiger partial charge in [-0.05, 0) is 19.4 Å². The molecule has 0 radical (unpaired) electrons. The zero-order valence-electron chi connectivity index (χ0n) is 8.74. The third-order valence-electron chi connectivity index (χ3n) is 1.69. The van der Waals surface area contributed by atoms with Gasteiger partial charge >= 0.3 is 8.60 Å². The lowest BCUT2D eigenvalue weighted by Gasteiger charge is -2.24. The van der Waals surface area contributed by atoms with E-state index in [9.17, 15) is 0 Å². The van der Waals surface area contributed by atoms with E-state index in [0.717, 1.165) is 16.9 Å². The third-order valence-corrected chi connectivity index (χ3v) is 2.66. The molecule has 0 N–H and O–H groups in total. The largest absolute Gasteiger partial charge is 0.426 e. The Bertz CT molecular complexity index is 281. The highest BCUT2D eigenvalue weighted by atomic mass is 31.2. The lowest BCUT2D eigenvalue weighted by molar-refractivity contribution is 0.205. The van der Waals surface area contributed by atoms with Gasteiger partial charge in [0.1, 0.15) is 5.76 Å². The molecule has 0 aliphatic carbocycles. The van der Waals surface area contributed by atoms with E-state index in [2.05, 4.69) is 6.58 Å². The van der Waals surface area contributed by atoms with E-state index in [1.54, 1.807) is 7.11 Å². The van der Waals surface area contributed by atoms with Crippen molar-refractivity contribution in [3.05, 3.63) is 35.6 Å². The first-order valence-corrected chi connectivity index (χ1v) is 5.45. The number of rotatable bonds is 3. The maximum atomic E-state index is 5.51. The molecule has 1 aliphatic heterocycles. The minimum atomic E-state index is -1.23. The summed E-state index contributed by atoms with van der Waals surface area (Å²) in [5.41, 5.74) is 1.90. The summed E-state index contributed by atoms with van der Waals surface area (Å²) in [6.45, 7) is 8.25. The van der Waals surface area contributed by atoms with Gasteiger partial charge in [0.2, 0.25) is 0 Å². The van der Waals surface area contributed by atoms with Crippen LogP contribution in [-0.4, -0.2) is 13.7 Å². The molecule has 0 fully saturated rings. The fourth-order valence-electron chi connectivity index (χ4n) is 1.11. The molecular formula is C10H15O3P. The summed E-state index contributed by atoms with van der Waals surface area (Å²) in [5.74, 6) is 0.794. The summed E-state index contributed by atoms with van der Waals surface area (Å²) in [4.78, 5) is 0. The topological polar surface area (TPSA) is 27.7 Å². The molecule has 4 heteroatoms. The normalized spacial score (nSPS) is 22.6. The van der Waals surface area contributed by atoms with Gasteiger partial charge in [0.15, 0.2) is 0 Å². The molecule has 1 unspecified atom stereocenters. The van der Waals surface area contributed by atoms with Crippen LogP contribution in [0.5, 0.6) is 0 Å². The molecule has 0 saturated carbocycles. The van der Waals surface area contributed by atoms with Gasteiger partial charge < -0.3 is 9.05 Å². The summed E-state index contributed by atoms with van der Waals surface area (Å²) < 4.78 is 15.9. The van der Waals surface area contributed by atoms with Crippen molar-refractivity contribution in [1.29, 1.82) is 0 Å². The molecule has 1 heterocycles. The van der Waals surface area contributed by atoms with E-state index in [1.807, 2.05) is 26.0 Å². The van der Waals surface area contributed by atoms with Gasteiger partial charge in [0.05, 0.1) is 6.61 Å². The van der Waals surface area contributed by atoms with Crippen LogP contribution in [0, 0.1) is 0 Å². The number of hydrogen-bond donors (Lipinski definition) is 0. The van der Waals surface area contributed by atoms with Crippen molar-refractivity contribution in [1.82, 2.24) is 0 Å². The van der Waals surface area contributed by atoms with Crippen molar-refractivity contribution in [2.45, 2.75) is 13.8 Å².